The lowest BCUT2D eigenvalue weighted by molar-refractivity contribution is -0.133. The van der Waals surface area contributed by atoms with Crippen LogP contribution in [0.5, 0.6) is 0 Å². The zero-order chi connectivity index (χ0) is 17.1. The van der Waals surface area contributed by atoms with Gasteiger partial charge in [-0.1, -0.05) is 36.4 Å². The number of benzene rings is 1. The van der Waals surface area contributed by atoms with Gasteiger partial charge in [-0.25, -0.2) is 0 Å². The van der Waals surface area contributed by atoms with Crippen molar-refractivity contribution in [1.82, 2.24) is 9.47 Å². The Morgan fingerprint density at radius 1 is 1.08 bits per heavy atom. The van der Waals surface area contributed by atoms with Gasteiger partial charge >= 0.3 is 0 Å². The van der Waals surface area contributed by atoms with Crippen LogP contribution in [0, 0.1) is 0 Å². The van der Waals surface area contributed by atoms with E-state index in [9.17, 15) is 9.59 Å². The highest BCUT2D eigenvalue weighted by molar-refractivity contribution is 5.77. The average Bonchev–Trinajstić information content (AvgIpc) is 2.89. The van der Waals surface area contributed by atoms with Gasteiger partial charge in [-0.05, 0) is 31.9 Å². The molecule has 2 aromatic rings. The molecule has 0 bridgehead atoms. The maximum atomic E-state index is 12.7. The van der Waals surface area contributed by atoms with Gasteiger partial charge in [-0.2, -0.15) is 0 Å². The minimum Gasteiger partial charge on any atom is -0.337 e. The molecule has 1 saturated heterocycles. The Bertz CT molecular complexity index is 753. The molecule has 1 aliphatic rings. The van der Waals surface area contributed by atoms with Gasteiger partial charge in [0.2, 0.25) is 5.91 Å². The monoisotopic (exact) mass is 324 g/mol. The third kappa shape index (κ3) is 3.28. The van der Waals surface area contributed by atoms with E-state index in [-0.39, 0.29) is 23.6 Å². The molecular weight excluding hydrogens is 300 g/mol. The molecule has 0 N–H and O–H groups in total. The number of likely N-dealkylation sites (tertiary alicyclic amines) is 1. The van der Waals surface area contributed by atoms with Crippen LogP contribution in [0.3, 0.4) is 0 Å². The zero-order valence-electron chi connectivity index (χ0n) is 14.3. The minimum absolute atomic E-state index is 0.0602. The first kappa shape index (κ1) is 16.5. The first-order valence-corrected chi connectivity index (χ1v) is 8.59. The normalized spacial score (nSPS) is 23.4. The topological polar surface area (TPSA) is 42.3 Å². The number of aromatic nitrogens is 1. The molecule has 24 heavy (non-hydrogen) atoms. The molecule has 1 amide bonds. The first-order valence-electron chi connectivity index (χ1n) is 8.59. The van der Waals surface area contributed by atoms with Crippen LogP contribution in [0.15, 0.2) is 59.5 Å². The third-order valence-corrected chi connectivity index (χ3v) is 5.07. The number of hydrogen-bond donors (Lipinski definition) is 0. The highest BCUT2D eigenvalue weighted by Crippen LogP contribution is 2.37. The van der Waals surface area contributed by atoms with Crippen LogP contribution in [0.2, 0.25) is 0 Å². The van der Waals surface area contributed by atoms with Crippen molar-refractivity contribution in [2.75, 3.05) is 0 Å². The smallest absolute Gasteiger partial charge is 0.250 e. The summed E-state index contributed by atoms with van der Waals surface area (Å²) in [6.07, 6.45) is 3.08. The van der Waals surface area contributed by atoms with Crippen molar-refractivity contribution >= 4 is 5.91 Å². The fourth-order valence-electron chi connectivity index (χ4n) is 3.85. The number of carbonyl (C=O) groups is 1. The molecular formula is C20H24N2O2. The van der Waals surface area contributed by atoms with E-state index in [1.165, 1.54) is 11.6 Å². The van der Waals surface area contributed by atoms with Gasteiger partial charge in [0.15, 0.2) is 0 Å². The van der Waals surface area contributed by atoms with Crippen molar-refractivity contribution in [3.8, 4) is 0 Å². The second-order valence-corrected chi connectivity index (χ2v) is 6.63. The predicted molar refractivity (Wildman–Crippen MR) is 94.9 cm³/mol. The third-order valence-electron chi connectivity index (χ3n) is 5.07. The molecule has 126 valence electrons. The van der Waals surface area contributed by atoms with E-state index in [1.807, 2.05) is 17.0 Å². The maximum absolute atomic E-state index is 12.7. The first-order chi connectivity index (χ1) is 11.6. The predicted octanol–water partition coefficient (Wildman–Crippen LogP) is 3.03. The number of amides is 1. The Balaban J connectivity index is 1.69. The van der Waals surface area contributed by atoms with Crippen LogP contribution in [-0.4, -0.2) is 27.5 Å². The molecule has 0 aliphatic carbocycles. The maximum Gasteiger partial charge on any atom is 0.250 e. The van der Waals surface area contributed by atoms with Gasteiger partial charge in [0, 0.05) is 43.2 Å². The number of pyridine rings is 1. The lowest BCUT2D eigenvalue weighted by atomic mass is 9.92. The standard InChI is InChI=1S/C20H24N2O2/c1-15-14-18(17-8-4-3-5-9-17)16(2)22(15)20(24)11-13-21-12-7-6-10-19(21)23/h3-10,12,15-16,18H,11,13-14H2,1-2H3/t15-,16+,18+/m1/s1. The number of rotatable bonds is 4. The Morgan fingerprint density at radius 3 is 2.50 bits per heavy atom. The lowest BCUT2D eigenvalue weighted by Crippen LogP contribution is -2.40. The van der Waals surface area contributed by atoms with E-state index in [2.05, 4.69) is 38.1 Å². The molecule has 0 spiro atoms. The van der Waals surface area contributed by atoms with Crippen molar-refractivity contribution < 1.29 is 4.79 Å². The molecule has 3 rings (SSSR count). The van der Waals surface area contributed by atoms with Gasteiger partial charge in [-0.3, -0.25) is 9.59 Å². The SMILES string of the molecule is C[C@@H]1C[C@H](c2ccccc2)[C@H](C)N1C(=O)CCn1ccccc1=O. The van der Waals surface area contributed by atoms with Gasteiger partial charge in [0.25, 0.3) is 5.56 Å². The minimum atomic E-state index is -0.0602. The Hall–Kier alpha value is -2.36. The Labute approximate surface area is 142 Å². The zero-order valence-corrected chi connectivity index (χ0v) is 14.3. The summed E-state index contributed by atoms with van der Waals surface area (Å²) in [6.45, 7) is 4.68. The highest BCUT2D eigenvalue weighted by Gasteiger charge is 2.39. The van der Waals surface area contributed by atoms with E-state index in [0.29, 0.717) is 18.9 Å². The second-order valence-electron chi connectivity index (χ2n) is 6.63. The summed E-state index contributed by atoms with van der Waals surface area (Å²) in [7, 11) is 0. The lowest BCUT2D eigenvalue weighted by Gasteiger charge is -2.28. The molecule has 2 heterocycles. The number of carbonyl (C=O) groups excluding carboxylic acids is 1. The van der Waals surface area contributed by atoms with Crippen LogP contribution < -0.4 is 5.56 Å². The summed E-state index contributed by atoms with van der Waals surface area (Å²) < 4.78 is 1.60. The van der Waals surface area contributed by atoms with Crippen molar-refractivity contribution in [2.24, 2.45) is 0 Å². The Kier molecular flexibility index (Phi) is 4.84. The largest absolute Gasteiger partial charge is 0.337 e. The summed E-state index contributed by atoms with van der Waals surface area (Å²) in [4.78, 5) is 26.5. The van der Waals surface area contributed by atoms with E-state index >= 15 is 0 Å². The van der Waals surface area contributed by atoms with Gasteiger partial charge in [-0.15, -0.1) is 0 Å². The molecule has 4 nitrogen and oxygen atoms in total. The van der Waals surface area contributed by atoms with E-state index in [1.54, 1.807) is 16.8 Å². The summed E-state index contributed by atoms with van der Waals surface area (Å²) in [5, 5.41) is 0. The number of nitrogens with zero attached hydrogens (tertiary/aromatic N) is 2. The van der Waals surface area contributed by atoms with Gasteiger partial charge < -0.3 is 9.47 Å². The molecule has 1 aromatic carbocycles. The quantitative estimate of drug-likeness (QED) is 0.867. The van der Waals surface area contributed by atoms with Crippen molar-refractivity contribution in [2.45, 2.75) is 51.2 Å². The van der Waals surface area contributed by atoms with Gasteiger partial charge in [0.05, 0.1) is 0 Å². The fourth-order valence-corrected chi connectivity index (χ4v) is 3.85. The van der Waals surface area contributed by atoms with E-state index in [4.69, 9.17) is 0 Å². The second kappa shape index (κ2) is 7.04. The van der Waals surface area contributed by atoms with Crippen LogP contribution in [-0.2, 0) is 11.3 Å². The highest BCUT2D eigenvalue weighted by atomic mass is 16.2. The summed E-state index contributed by atoms with van der Waals surface area (Å²) in [6, 6.07) is 15.9. The number of aryl methyl sites for hydroxylation is 1. The van der Waals surface area contributed by atoms with Crippen LogP contribution in [0.1, 0.15) is 38.2 Å². The fraction of sp³-hybridized carbons (Fsp3) is 0.400. The molecule has 4 heteroatoms. The molecule has 0 unspecified atom stereocenters. The van der Waals surface area contributed by atoms with Crippen LogP contribution in [0.25, 0.3) is 0 Å². The van der Waals surface area contributed by atoms with Crippen molar-refractivity contribution in [1.29, 1.82) is 0 Å². The Morgan fingerprint density at radius 2 is 1.79 bits per heavy atom. The molecule has 3 atom stereocenters. The molecule has 0 saturated carbocycles. The molecule has 0 radical (unpaired) electrons. The van der Waals surface area contributed by atoms with Crippen LogP contribution >= 0.6 is 0 Å². The molecule has 1 aromatic heterocycles. The van der Waals surface area contributed by atoms with Gasteiger partial charge in [0.1, 0.15) is 0 Å². The summed E-state index contributed by atoms with van der Waals surface area (Å²) >= 11 is 0. The summed E-state index contributed by atoms with van der Waals surface area (Å²) in [5.41, 5.74) is 1.24. The summed E-state index contributed by atoms with van der Waals surface area (Å²) in [5.74, 6) is 0.508. The molecule has 1 aliphatic heterocycles. The number of hydrogen-bond acceptors (Lipinski definition) is 2. The van der Waals surface area contributed by atoms with Crippen molar-refractivity contribution in [3.05, 3.63) is 70.6 Å². The van der Waals surface area contributed by atoms with E-state index < -0.39 is 0 Å². The van der Waals surface area contributed by atoms with E-state index in [0.717, 1.165) is 6.42 Å². The van der Waals surface area contributed by atoms with Crippen LogP contribution in [0.4, 0.5) is 0 Å². The average molecular weight is 324 g/mol. The van der Waals surface area contributed by atoms with Crippen molar-refractivity contribution in [3.63, 3.8) is 0 Å². The molecule has 1 fully saturated rings.